The van der Waals surface area contributed by atoms with Crippen LogP contribution < -0.4 is 5.32 Å². The summed E-state index contributed by atoms with van der Waals surface area (Å²) in [5.41, 5.74) is 1.04. The summed E-state index contributed by atoms with van der Waals surface area (Å²) in [4.78, 5) is 24.3. The standard InChI is InChI=1S/C21H18Cl2N2O5/c1-25-14-9-16(26)18(23)17(22)13(14)8-15(25)19(27)24-21(6-7-30-10-21)12-4-2-11(3-5-12)20(28)29/h2-5,8-9,26H,6-7,10H2,1H3,(H,24,27)(H,28,29). The van der Waals surface area contributed by atoms with Crippen molar-refractivity contribution in [2.75, 3.05) is 13.2 Å². The Kier molecular flexibility index (Phi) is 5.13. The van der Waals surface area contributed by atoms with Gasteiger partial charge in [0.15, 0.2) is 0 Å². The van der Waals surface area contributed by atoms with Crippen molar-refractivity contribution in [1.29, 1.82) is 0 Å². The molecule has 30 heavy (non-hydrogen) atoms. The quantitative estimate of drug-likeness (QED) is 0.561. The number of aromatic carboxylic acids is 1. The minimum Gasteiger partial charge on any atom is -0.506 e. The molecule has 2 aromatic carbocycles. The van der Waals surface area contributed by atoms with Crippen LogP contribution in [0.2, 0.25) is 10.0 Å². The Morgan fingerprint density at radius 3 is 2.47 bits per heavy atom. The second-order valence-electron chi connectivity index (χ2n) is 7.27. The first-order valence-corrected chi connectivity index (χ1v) is 9.89. The van der Waals surface area contributed by atoms with Gasteiger partial charge >= 0.3 is 5.97 Å². The average Bonchev–Trinajstić information content (AvgIpc) is 3.32. The number of carboxylic acid groups (broad SMARTS) is 1. The fraction of sp³-hybridized carbons (Fsp3) is 0.238. The number of aromatic nitrogens is 1. The fourth-order valence-electron chi connectivity index (χ4n) is 3.79. The van der Waals surface area contributed by atoms with Gasteiger partial charge in [-0.1, -0.05) is 35.3 Å². The molecule has 0 bridgehead atoms. The summed E-state index contributed by atoms with van der Waals surface area (Å²) in [5.74, 6) is -1.54. The van der Waals surface area contributed by atoms with Crippen molar-refractivity contribution in [3.05, 3.63) is 63.3 Å². The molecule has 1 aliphatic heterocycles. The molecule has 0 spiro atoms. The minimum atomic E-state index is -1.02. The van der Waals surface area contributed by atoms with Crippen LogP contribution >= 0.6 is 23.2 Å². The first-order chi connectivity index (χ1) is 14.2. The van der Waals surface area contributed by atoms with Gasteiger partial charge in [-0.15, -0.1) is 0 Å². The van der Waals surface area contributed by atoms with E-state index in [0.717, 1.165) is 5.56 Å². The molecule has 156 valence electrons. The molecule has 1 fully saturated rings. The maximum atomic E-state index is 13.2. The molecule has 1 aromatic heterocycles. The van der Waals surface area contributed by atoms with E-state index in [1.165, 1.54) is 18.2 Å². The van der Waals surface area contributed by atoms with E-state index < -0.39 is 11.5 Å². The molecule has 1 atom stereocenters. The summed E-state index contributed by atoms with van der Waals surface area (Å²) < 4.78 is 7.19. The van der Waals surface area contributed by atoms with Crippen molar-refractivity contribution < 1.29 is 24.5 Å². The first-order valence-electron chi connectivity index (χ1n) is 9.14. The van der Waals surface area contributed by atoms with E-state index in [0.29, 0.717) is 29.6 Å². The van der Waals surface area contributed by atoms with Crippen LogP contribution in [0, 0.1) is 0 Å². The number of carboxylic acids is 1. The van der Waals surface area contributed by atoms with Crippen LogP contribution in [0.25, 0.3) is 10.9 Å². The van der Waals surface area contributed by atoms with Crippen LogP contribution in [0.5, 0.6) is 5.75 Å². The monoisotopic (exact) mass is 448 g/mol. The number of aryl methyl sites for hydroxylation is 1. The molecular formula is C21H18Cl2N2O5. The normalized spacial score (nSPS) is 18.6. The Balaban J connectivity index is 1.71. The number of phenols is 1. The van der Waals surface area contributed by atoms with Gasteiger partial charge in [-0.05, 0) is 23.8 Å². The van der Waals surface area contributed by atoms with Crippen LogP contribution in [0.1, 0.15) is 32.8 Å². The zero-order valence-electron chi connectivity index (χ0n) is 15.9. The summed E-state index contributed by atoms with van der Waals surface area (Å²) in [6.45, 7) is 0.730. The molecule has 1 saturated heterocycles. The number of carbonyl (C=O) groups is 2. The summed E-state index contributed by atoms with van der Waals surface area (Å²) >= 11 is 12.3. The third kappa shape index (κ3) is 3.29. The van der Waals surface area contributed by atoms with E-state index in [1.807, 2.05) is 0 Å². The number of halogens is 2. The third-order valence-electron chi connectivity index (χ3n) is 5.50. The maximum absolute atomic E-state index is 13.2. The Morgan fingerprint density at radius 2 is 1.87 bits per heavy atom. The highest BCUT2D eigenvalue weighted by atomic mass is 35.5. The predicted octanol–water partition coefficient (Wildman–Crippen LogP) is 3.93. The van der Waals surface area contributed by atoms with Crippen LogP contribution in [0.4, 0.5) is 0 Å². The van der Waals surface area contributed by atoms with Gasteiger partial charge in [0.1, 0.15) is 16.5 Å². The van der Waals surface area contributed by atoms with Crippen LogP contribution in [0.3, 0.4) is 0 Å². The van der Waals surface area contributed by atoms with Crippen LogP contribution in [-0.2, 0) is 17.3 Å². The van der Waals surface area contributed by atoms with Crippen LogP contribution in [-0.4, -0.2) is 39.9 Å². The Labute approximate surface area is 181 Å². The number of rotatable bonds is 4. The van der Waals surface area contributed by atoms with E-state index in [4.69, 9.17) is 33.0 Å². The smallest absolute Gasteiger partial charge is 0.335 e. The molecule has 3 N–H and O–H groups in total. The van der Waals surface area contributed by atoms with Crippen molar-refractivity contribution in [2.24, 2.45) is 7.05 Å². The third-order valence-corrected chi connectivity index (χ3v) is 6.37. The topological polar surface area (TPSA) is 101 Å². The van der Waals surface area contributed by atoms with Gasteiger partial charge in [0, 0.05) is 31.5 Å². The van der Waals surface area contributed by atoms with Gasteiger partial charge in [-0.3, -0.25) is 4.79 Å². The molecule has 1 unspecified atom stereocenters. The molecule has 0 saturated carbocycles. The zero-order chi connectivity index (χ0) is 21.6. The SMILES string of the molecule is Cn1c(C(=O)NC2(c3ccc(C(=O)O)cc3)CCOC2)cc2c(Cl)c(Cl)c(O)cc21. The molecule has 3 aromatic rings. The Morgan fingerprint density at radius 1 is 1.17 bits per heavy atom. The second-order valence-corrected chi connectivity index (χ2v) is 8.02. The number of nitrogens with one attached hydrogen (secondary N) is 1. The molecular weight excluding hydrogens is 431 g/mol. The molecule has 9 heteroatoms. The predicted molar refractivity (Wildman–Crippen MR) is 113 cm³/mol. The second kappa shape index (κ2) is 7.50. The largest absolute Gasteiger partial charge is 0.506 e. The highest BCUT2D eigenvalue weighted by molar-refractivity contribution is 6.46. The highest BCUT2D eigenvalue weighted by Crippen LogP contribution is 2.39. The number of fused-ring (bicyclic) bond motifs is 1. The summed E-state index contributed by atoms with van der Waals surface area (Å²) in [6, 6.07) is 9.47. The number of hydrogen-bond acceptors (Lipinski definition) is 4. The maximum Gasteiger partial charge on any atom is 0.335 e. The van der Waals surface area contributed by atoms with E-state index in [-0.39, 0.29) is 33.9 Å². The molecule has 2 heterocycles. The first kappa shape index (κ1) is 20.5. The molecule has 7 nitrogen and oxygen atoms in total. The zero-order valence-corrected chi connectivity index (χ0v) is 17.4. The highest BCUT2D eigenvalue weighted by Gasteiger charge is 2.39. The summed E-state index contributed by atoms with van der Waals surface area (Å²) in [5, 5.41) is 22.9. The Hall–Kier alpha value is -2.74. The number of carbonyl (C=O) groups excluding carboxylic acids is 1. The molecule has 1 aliphatic rings. The summed E-state index contributed by atoms with van der Waals surface area (Å²) in [7, 11) is 1.69. The lowest BCUT2D eigenvalue weighted by atomic mass is 9.88. The number of nitrogens with zero attached hydrogens (tertiary/aromatic N) is 1. The lowest BCUT2D eigenvalue weighted by Gasteiger charge is -2.29. The number of hydrogen-bond donors (Lipinski definition) is 3. The molecule has 0 radical (unpaired) electrons. The molecule has 4 rings (SSSR count). The van der Waals surface area contributed by atoms with Crippen LogP contribution in [0.15, 0.2) is 36.4 Å². The number of aromatic hydroxyl groups is 1. The van der Waals surface area contributed by atoms with Crippen molar-refractivity contribution in [1.82, 2.24) is 9.88 Å². The van der Waals surface area contributed by atoms with Gasteiger partial charge in [0.05, 0.1) is 28.2 Å². The Bertz CT molecular complexity index is 1160. The van der Waals surface area contributed by atoms with Crippen molar-refractivity contribution in [3.63, 3.8) is 0 Å². The van der Waals surface area contributed by atoms with Gasteiger partial charge in [-0.25, -0.2) is 4.79 Å². The van der Waals surface area contributed by atoms with E-state index >= 15 is 0 Å². The lowest BCUT2D eigenvalue weighted by Crippen LogP contribution is -2.47. The van der Waals surface area contributed by atoms with E-state index in [9.17, 15) is 14.7 Å². The van der Waals surface area contributed by atoms with Gasteiger partial charge < -0.3 is 24.8 Å². The van der Waals surface area contributed by atoms with E-state index in [1.54, 1.807) is 29.8 Å². The fourth-order valence-corrected chi connectivity index (χ4v) is 4.19. The minimum absolute atomic E-state index is 0.0286. The van der Waals surface area contributed by atoms with Gasteiger partial charge in [0.2, 0.25) is 0 Å². The van der Waals surface area contributed by atoms with Crippen molar-refractivity contribution >= 4 is 46.0 Å². The van der Waals surface area contributed by atoms with Gasteiger partial charge in [-0.2, -0.15) is 0 Å². The number of ether oxygens (including phenoxy) is 1. The van der Waals surface area contributed by atoms with Gasteiger partial charge in [0.25, 0.3) is 5.91 Å². The number of benzene rings is 2. The number of phenolic OH excluding ortho intramolecular Hbond substituents is 1. The molecule has 0 aliphatic carbocycles. The average molecular weight is 449 g/mol. The van der Waals surface area contributed by atoms with E-state index in [2.05, 4.69) is 5.32 Å². The van der Waals surface area contributed by atoms with Crippen molar-refractivity contribution in [3.8, 4) is 5.75 Å². The number of amides is 1. The summed E-state index contributed by atoms with van der Waals surface area (Å²) in [6.07, 6.45) is 0.544. The molecule has 1 amide bonds. The lowest BCUT2D eigenvalue weighted by molar-refractivity contribution is 0.0696. The van der Waals surface area contributed by atoms with Crippen molar-refractivity contribution in [2.45, 2.75) is 12.0 Å².